The summed E-state index contributed by atoms with van der Waals surface area (Å²) < 4.78 is 1.22. The molecule has 2 heterocycles. The van der Waals surface area contributed by atoms with E-state index in [9.17, 15) is 0 Å². The summed E-state index contributed by atoms with van der Waals surface area (Å²) in [4.78, 5) is 4.04. The number of hydrogen-bond donors (Lipinski definition) is 1. The molecule has 0 radical (unpaired) electrons. The van der Waals surface area contributed by atoms with Gasteiger partial charge < -0.3 is 5.32 Å². The molecule has 0 atom stereocenters. The van der Waals surface area contributed by atoms with Gasteiger partial charge in [0.1, 0.15) is 0 Å². The number of thiophene rings is 1. The van der Waals surface area contributed by atoms with Crippen LogP contribution in [-0.4, -0.2) is 31.1 Å². The van der Waals surface area contributed by atoms with Gasteiger partial charge in [0, 0.05) is 27.8 Å². The van der Waals surface area contributed by atoms with E-state index in [-0.39, 0.29) is 0 Å². The molecule has 0 aliphatic carbocycles. The molecule has 96 valence electrons. The van der Waals surface area contributed by atoms with Crippen LogP contribution in [0.5, 0.6) is 0 Å². The second kappa shape index (κ2) is 6.88. The summed E-state index contributed by atoms with van der Waals surface area (Å²) in [6.45, 7) is 8.19. The van der Waals surface area contributed by atoms with Gasteiger partial charge in [-0.2, -0.15) is 0 Å². The van der Waals surface area contributed by atoms with Gasteiger partial charge in [0.25, 0.3) is 0 Å². The number of nitrogens with zero attached hydrogens (tertiary/aromatic N) is 1. The SMILES string of the molecule is CCN(Cc1cc(Br)cs1)CC1CCNCC1. The second-order valence-corrected chi connectivity index (χ2v) is 6.66. The van der Waals surface area contributed by atoms with E-state index in [1.165, 1.54) is 41.8 Å². The van der Waals surface area contributed by atoms with Crippen molar-refractivity contribution in [3.05, 3.63) is 20.8 Å². The molecule has 2 rings (SSSR count). The molecule has 1 saturated heterocycles. The van der Waals surface area contributed by atoms with E-state index in [1.807, 2.05) is 11.3 Å². The molecule has 1 N–H and O–H groups in total. The first kappa shape index (κ1) is 13.5. The standard InChI is InChI=1S/C13H21BrN2S/c1-2-16(8-11-3-5-15-6-4-11)9-13-7-12(14)10-17-13/h7,10-11,15H,2-6,8-9H2,1H3. The first-order valence-corrected chi connectivity index (χ1v) is 8.11. The lowest BCUT2D eigenvalue weighted by molar-refractivity contribution is 0.208. The molecular formula is C13H21BrN2S. The van der Waals surface area contributed by atoms with Crippen molar-refractivity contribution in [1.29, 1.82) is 0 Å². The number of halogens is 1. The van der Waals surface area contributed by atoms with Crippen LogP contribution >= 0.6 is 27.3 Å². The lowest BCUT2D eigenvalue weighted by atomic mass is 9.97. The highest BCUT2D eigenvalue weighted by molar-refractivity contribution is 9.10. The maximum atomic E-state index is 3.53. The summed E-state index contributed by atoms with van der Waals surface area (Å²) in [5.74, 6) is 0.889. The highest BCUT2D eigenvalue weighted by Gasteiger charge is 2.16. The largest absolute Gasteiger partial charge is 0.317 e. The highest BCUT2D eigenvalue weighted by atomic mass is 79.9. The van der Waals surface area contributed by atoms with Crippen LogP contribution in [0, 0.1) is 5.92 Å². The van der Waals surface area contributed by atoms with E-state index in [0.29, 0.717) is 0 Å². The summed E-state index contributed by atoms with van der Waals surface area (Å²) in [6.07, 6.45) is 2.68. The van der Waals surface area contributed by atoms with Gasteiger partial charge in [-0.15, -0.1) is 11.3 Å². The molecule has 0 aromatic carbocycles. The monoisotopic (exact) mass is 316 g/mol. The predicted molar refractivity (Wildman–Crippen MR) is 78.6 cm³/mol. The first-order valence-electron chi connectivity index (χ1n) is 6.44. The molecule has 1 aromatic rings. The Kier molecular flexibility index (Phi) is 5.48. The molecule has 1 aromatic heterocycles. The lowest BCUT2D eigenvalue weighted by Gasteiger charge is -2.29. The quantitative estimate of drug-likeness (QED) is 0.896. The van der Waals surface area contributed by atoms with Crippen molar-refractivity contribution in [2.45, 2.75) is 26.3 Å². The molecule has 0 amide bonds. The van der Waals surface area contributed by atoms with E-state index in [1.54, 1.807) is 0 Å². The Morgan fingerprint density at radius 2 is 2.24 bits per heavy atom. The number of piperidine rings is 1. The molecular weight excluding hydrogens is 296 g/mol. The van der Waals surface area contributed by atoms with Crippen LogP contribution in [0.4, 0.5) is 0 Å². The molecule has 1 aliphatic rings. The van der Waals surface area contributed by atoms with Crippen LogP contribution in [0.1, 0.15) is 24.6 Å². The summed E-state index contributed by atoms with van der Waals surface area (Å²) in [6, 6.07) is 2.25. The Morgan fingerprint density at radius 3 is 2.82 bits per heavy atom. The van der Waals surface area contributed by atoms with Gasteiger partial charge in [0.2, 0.25) is 0 Å². The van der Waals surface area contributed by atoms with Crippen molar-refractivity contribution in [3.63, 3.8) is 0 Å². The maximum absolute atomic E-state index is 3.53. The molecule has 17 heavy (non-hydrogen) atoms. The van der Waals surface area contributed by atoms with E-state index < -0.39 is 0 Å². The fourth-order valence-corrected chi connectivity index (χ4v) is 3.88. The van der Waals surface area contributed by atoms with E-state index in [0.717, 1.165) is 19.0 Å². The van der Waals surface area contributed by atoms with Crippen LogP contribution in [0.15, 0.2) is 15.9 Å². The second-order valence-electron chi connectivity index (χ2n) is 4.75. The Balaban J connectivity index is 1.83. The van der Waals surface area contributed by atoms with Gasteiger partial charge >= 0.3 is 0 Å². The van der Waals surface area contributed by atoms with Crippen molar-refractivity contribution < 1.29 is 0 Å². The first-order chi connectivity index (χ1) is 8.28. The fourth-order valence-electron chi connectivity index (χ4n) is 2.39. The molecule has 1 aliphatic heterocycles. The van der Waals surface area contributed by atoms with Gasteiger partial charge in [0.05, 0.1) is 0 Å². The van der Waals surface area contributed by atoms with E-state index in [2.05, 4.69) is 44.5 Å². The molecule has 4 heteroatoms. The molecule has 0 unspecified atom stereocenters. The average molecular weight is 317 g/mol. The molecule has 2 nitrogen and oxygen atoms in total. The Hall–Kier alpha value is 0.1000. The number of hydrogen-bond acceptors (Lipinski definition) is 3. The van der Waals surface area contributed by atoms with Crippen LogP contribution in [0.2, 0.25) is 0 Å². The Morgan fingerprint density at radius 1 is 1.47 bits per heavy atom. The summed E-state index contributed by atoms with van der Waals surface area (Å²) in [5, 5.41) is 5.61. The third kappa shape index (κ3) is 4.36. The van der Waals surface area contributed by atoms with Crippen molar-refractivity contribution in [3.8, 4) is 0 Å². The van der Waals surface area contributed by atoms with Crippen LogP contribution in [0.25, 0.3) is 0 Å². The molecule has 0 spiro atoms. The predicted octanol–water partition coefficient (Wildman–Crippen LogP) is 3.33. The van der Waals surface area contributed by atoms with Gasteiger partial charge in [-0.25, -0.2) is 0 Å². The van der Waals surface area contributed by atoms with Crippen LogP contribution < -0.4 is 5.32 Å². The average Bonchev–Trinajstić information content (AvgIpc) is 2.75. The minimum absolute atomic E-state index is 0.889. The normalized spacial score (nSPS) is 17.8. The third-order valence-corrected chi connectivity index (χ3v) is 5.11. The van der Waals surface area contributed by atoms with Crippen LogP contribution in [0.3, 0.4) is 0 Å². The smallest absolute Gasteiger partial charge is 0.0328 e. The Labute approximate surface area is 117 Å². The van der Waals surface area contributed by atoms with E-state index in [4.69, 9.17) is 0 Å². The molecule has 0 bridgehead atoms. The highest BCUT2D eigenvalue weighted by Crippen LogP contribution is 2.22. The van der Waals surface area contributed by atoms with Crippen LogP contribution in [-0.2, 0) is 6.54 Å². The fraction of sp³-hybridized carbons (Fsp3) is 0.692. The summed E-state index contributed by atoms with van der Waals surface area (Å²) >= 11 is 5.38. The van der Waals surface area contributed by atoms with Gasteiger partial charge in [-0.05, 0) is 60.4 Å². The lowest BCUT2D eigenvalue weighted by Crippen LogP contribution is -2.35. The molecule has 0 saturated carbocycles. The van der Waals surface area contributed by atoms with Gasteiger partial charge in [-0.3, -0.25) is 4.90 Å². The zero-order valence-corrected chi connectivity index (χ0v) is 12.8. The number of nitrogens with one attached hydrogen (secondary N) is 1. The summed E-state index contributed by atoms with van der Waals surface area (Å²) in [5.41, 5.74) is 0. The topological polar surface area (TPSA) is 15.3 Å². The zero-order chi connectivity index (χ0) is 12.1. The molecule has 1 fully saturated rings. The minimum Gasteiger partial charge on any atom is -0.317 e. The minimum atomic E-state index is 0.889. The van der Waals surface area contributed by atoms with Crippen molar-refractivity contribution >= 4 is 27.3 Å². The van der Waals surface area contributed by atoms with E-state index >= 15 is 0 Å². The van der Waals surface area contributed by atoms with Gasteiger partial charge in [0.15, 0.2) is 0 Å². The van der Waals surface area contributed by atoms with Crippen molar-refractivity contribution in [2.24, 2.45) is 5.92 Å². The third-order valence-electron chi connectivity index (χ3n) is 3.42. The number of rotatable bonds is 5. The maximum Gasteiger partial charge on any atom is 0.0328 e. The van der Waals surface area contributed by atoms with Crippen molar-refractivity contribution in [1.82, 2.24) is 10.2 Å². The Bertz CT molecular complexity index is 334. The summed E-state index contributed by atoms with van der Waals surface area (Å²) in [7, 11) is 0. The zero-order valence-electron chi connectivity index (χ0n) is 10.4. The van der Waals surface area contributed by atoms with Crippen molar-refractivity contribution in [2.75, 3.05) is 26.2 Å². The van der Waals surface area contributed by atoms with Gasteiger partial charge in [-0.1, -0.05) is 6.92 Å².